The third-order valence-corrected chi connectivity index (χ3v) is 3.95. The summed E-state index contributed by atoms with van der Waals surface area (Å²) < 4.78 is 0. The molecule has 1 fully saturated rings. The number of anilines is 1. The second kappa shape index (κ2) is 7.59. The van der Waals surface area contributed by atoms with Crippen LogP contribution in [0, 0.1) is 0 Å². The van der Waals surface area contributed by atoms with Gasteiger partial charge in [0.25, 0.3) is 5.24 Å². The molecule has 1 aromatic carbocycles. The summed E-state index contributed by atoms with van der Waals surface area (Å²) in [5.74, 6) is -2.64. The zero-order valence-electron chi connectivity index (χ0n) is 12.4. The summed E-state index contributed by atoms with van der Waals surface area (Å²) in [5, 5.41) is 4.30. The van der Waals surface area contributed by atoms with Crippen LogP contribution in [0.4, 0.5) is 10.5 Å². The van der Waals surface area contributed by atoms with Gasteiger partial charge in [-0.25, -0.2) is 0 Å². The topological polar surface area (TPSA) is 139 Å². The summed E-state index contributed by atoms with van der Waals surface area (Å²) in [4.78, 5) is 58.1. The summed E-state index contributed by atoms with van der Waals surface area (Å²) in [6.45, 7) is -0.0120. The Kier molecular flexibility index (Phi) is 5.53. The van der Waals surface area contributed by atoms with E-state index in [1.54, 1.807) is 0 Å². The van der Waals surface area contributed by atoms with Crippen molar-refractivity contribution in [3.63, 3.8) is 0 Å². The molecule has 0 aromatic heterocycles. The lowest BCUT2D eigenvalue weighted by Crippen LogP contribution is -2.41. The third kappa shape index (κ3) is 4.32. The lowest BCUT2D eigenvalue weighted by atomic mass is 10.2. The Labute approximate surface area is 140 Å². The van der Waals surface area contributed by atoms with Crippen LogP contribution in [0.15, 0.2) is 24.3 Å². The van der Waals surface area contributed by atoms with Gasteiger partial charge in [-0.1, -0.05) is 11.8 Å². The van der Waals surface area contributed by atoms with Crippen LogP contribution in [0.25, 0.3) is 0 Å². The number of carbonyl (C=O) groups is 5. The van der Waals surface area contributed by atoms with E-state index in [0.29, 0.717) is 5.69 Å². The maximum Gasteiger partial charge on any atom is 0.313 e. The number of thioether (sulfide) groups is 1. The summed E-state index contributed by atoms with van der Waals surface area (Å²) in [7, 11) is 0. The molecule has 9 nitrogen and oxygen atoms in total. The van der Waals surface area contributed by atoms with E-state index in [0.717, 1.165) is 16.7 Å². The molecule has 1 saturated heterocycles. The van der Waals surface area contributed by atoms with Gasteiger partial charge in [0.1, 0.15) is 0 Å². The van der Waals surface area contributed by atoms with Crippen molar-refractivity contribution in [2.24, 2.45) is 5.73 Å². The van der Waals surface area contributed by atoms with E-state index in [2.05, 4.69) is 10.6 Å². The molecule has 1 aromatic rings. The maximum atomic E-state index is 11.7. The average Bonchev–Trinajstić information content (AvgIpc) is 2.87. The van der Waals surface area contributed by atoms with E-state index in [9.17, 15) is 24.0 Å². The molecule has 0 unspecified atom stereocenters. The first-order valence-electron chi connectivity index (χ1n) is 6.84. The van der Waals surface area contributed by atoms with E-state index in [4.69, 9.17) is 5.73 Å². The summed E-state index contributed by atoms with van der Waals surface area (Å²) in [6.07, 6.45) is 0. The molecule has 2 rings (SSSR count). The van der Waals surface area contributed by atoms with E-state index >= 15 is 0 Å². The van der Waals surface area contributed by atoms with Crippen LogP contribution in [-0.4, -0.2) is 52.6 Å². The van der Waals surface area contributed by atoms with Gasteiger partial charge in [-0.05, 0) is 24.3 Å². The number of nitrogens with two attached hydrogens (primary N) is 1. The minimum Gasteiger partial charge on any atom is -0.366 e. The Balaban J connectivity index is 1.79. The molecule has 1 aliphatic heterocycles. The van der Waals surface area contributed by atoms with Crippen LogP contribution in [0.2, 0.25) is 0 Å². The fourth-order valence-electron chi connectivity index (χ4n) is 1.86. The normalized spacial score (nSPS) is 13.8. The maximum absolute atomic E-state index is 11.7. The molecule has 126 valence electrons. The smallest absolute Gasteiger partial charge is 0.313 e. The molecular weight excluding hydrogens is 336 g/mol. The Morgan fingerprint density at radius 3 is 2.33 bits per heavy atom. The van der Waals surface area contributed by atoms with E-state index in [-0.39, 0.29) is 35.6 Å². The van der Waals surface area contributed by atoms with Crippen molar-refractivity contribution in [1.82, 2.24) is 10.2 Å². The van der Waals surface area contributed by atoms with Crippen LogP contribution in [-0.2, 0) is 14.4 Å². The number of benzene rings is 1. The van der Waals surface area contributed by atoms with Gasteiger partial charge in [-0.2, -0.15) is 0 Å². The molecule has 10 heteroatoms. The second-order valence-electron chi connectivity index (χ2n) is 4.75. The first kappa shape index (κ1) is 17.5. The number of nitrogens with zero attached hydrogens (tertiary/aromatic N) is 1. The number of rotatable bonds is 5. The van der Waals surface area contributed by atoms with Crippen LogP contribution in [0.3, 0.4) is 0 Å². The van der Waals surface area contributed by atoms with E-state index in [1.807, 2.05) is 0 Å². The highest BCUT2D eigenvalue weighted by atomic mass is 32.2. The van der Waals surface area contributed by atoms with E-state index < -0.39 is 17.7 Å². The monoisotopic (exact) mass is 350 g/mol. The standard InChI is InChI=1S/C14H14N4O5S/c15-11(20)8-1-3-9(4-2-8)17-13(22)12(21)16-5-6-18-10(19)7-24-14(18)23/h1-4H,5-7H2,(H2,15,20)(H,16,21)(H,17,22). The van der Waals surface area contributed by atoms with Crippen LogP contribution >= 0.6 is 11.8 Å². The van der Waals surface area contributed by atoms with Gasteiger partial charge in [0.2, 0.25) is 11.8 Å². The lowest BCUT2D eigenvalue weighted by Gasteiger charge is -2.13. The number of nitrogens with one attached hydrogen (secondary N) is 2. The van der Waals surface area contributed by atoms with Crippen LogP contribution in [0.1, 0.15) is 10.4 Å². The zero-order valence-corrected chi connectivity index (χ0v) is 13.2. The van der Waals surface area contributed by atoms with Crippen molar-refractivity contribution in [3.8, 4) is 0 Å². The number of imide groups is 1. The van der Waals surface area contributed by atoms with Gasteiger partial charge in [-0.15, -0.1) is 0 Å². The highest BCUT2D eigenvalue weighted by molar-refractivity contribution is 8.14. The molecule has 1 heterocycles. The first-order valence-corrected chi connectivity index (χ1v) is 7.83. The average molecular weight is 350 g/mol. The number of carbonyl (C=O) groups excluding carboxylic acids is 5. The number of hydrogen-bond acceptors (Lipinski definition) is 6. The third-order valence-electron chi connectivity index (χ3n) is 3.10. The van der Waals surface area contributed by atoms with Crippen molar-refractivity contribution in [2.45, 2.75) is 0 Å². The highest BCUT2D eigenvalue weighted by Gasteiger charge is 2.29. The second-order valence-corrected chi connectivity index (χ2v) is 5.68. The molecule has 0 spiro atoms. The Bertz CT molecular complexity index is 688. The molecule has 5 amide bonds. The SMILES string of the molecule is NC(=O)c1ccc(NC(=O)C(=O)NCCN2C(=O)CSC2=O)cc1. The molecular formula is C14H14N4O5S. The fraction of sp³-hybridized carbons (Fsp3) is 0.214. The zero-order chi connectivity index (χ0) is 17.7. The van der Waals surface area contributed by atoms with Gasteiger partial charge >= 0.3 is 11.8 Å². The lowest BCUT2D eigenvalue weighted by molar-refractivity contribution is -0.136. The van der Waals surface area contributed by atoms with Crippen molar-refractivity contribution in [2.75, 3.05) is 24.2 Å². The molecule has 0 radical (unpaired) electrons. The number of hydrogen-bond donors (Lipinski definition) is 3. The van der Waals surface area contributed by atoms with Gasteiger partial charge in [-0.3, -0.25) is 28.9 Å². The van der Waals surface area contributed by atoms with Gasteiger partial charge in [0.05, 0.1) is 5.75 Å². The fourth-order valence-corrected chi connectivity index (χ4v) is 2.62. The van der Waals surface area contributed by atoms with Gasteiger partial charge in [0.15, 0.2) is 0 Å². The minimum atomic E-state index is -0.907. The largest absolute Gasteiger partial charge is 0.366 e. The molecule has 0 aliphatic carbocycles. The molecule has 0 bridgehead atoms. The van der Waals surface area contributed by atoms with Crippen molar-refractivity contribution in [1.29, 1.82) is 0 Å². The Morgan fingerprint density at radius 2 is 1.79 bits per heavy atom. The summed E-state index contributed by atoms with van der Waals surface area (Å²) in [6, 6.07) is 5.70. The predicted octanol–water partition coefficient (Wildman–Crippen LogP) is -0.464. The van der Waals surface area contributed by atoms with Crippen molar-refractivity contribution >= 4 is 46.3 Å². The van der Waals surface area contributed by atoms with Crippen molar-refractivity contribution in [3.05, 3.63) is 29.8 Å². The molecule has 24 heavy (non-hydrogen) atoms. The molecule has 0 saturated carbocycles. The Morgan fingerprint density at radius 1 is 1.12 bits per heavy atom. The quantitative estimate of drug-likeness (QED) is 0.614. The highest BCUT2D eigenvalue weighted by Crippen LogP contribution is 2.17. The van der Waals surface area contributed by atoms with Crippen LogP contribution < -0.4 is 16.4 Å². The van der Waals surface area contributed by atoms with Gasteiger partial charge < -0.3 is 16.4 Å². The molecule has 4 N–H and O–H groups in total. The number of primary amides is 1. The van der Waals surface area contributed by atoms with Crippen molar-refractivity contribution < 1.29 is 24.0 Å². The summed E-state index contributed by atoms with van der Waals surface area (Å²) >= 11 is 0.896. The first-order chi connectivity index (χ1) is 11.4. The Hall–Kier alpha value is -2.88. The van der Waals surface area contributed by atoms with Crippen LogP contribution in [0.5, 0.6) is 0 Å². The molecule has 1 aliphatic rings. The van der Waals surface area contributed by atoms with E-state index in [1.165, 1.54) is 24.3 Å². The predicted molar refractivity (Wildman–Crippen MR) is 86.2 cm³/mol. The molecule has 0 atom stereocenters. The minimum absolute atomic E-state index is 0.0109. The summed E-state index contributed by atoms with van der Waals surface area (Å²) in [5.41, 5.74) is 5.69. The van der Waals surface area contributed by atoms with Gasteiger partial charge in [0, 0.05) is 24.3 Å². The number of amides is 5.